The van der Waals surface area contributed by atoms with Gasteiger partial charge in [0.25, 0.3) is 0 Å². The molecule has 15 heavy (non-hydrogen) atoms. The van der Waals surface area contributed by atoms with Crippen LogP contribution in [0.3, 0.4) is 0 Å². The predicted molar refractivity (Wildman–Crippen MR) is 57.6 cm³/mol. The SMILES string of the molecule is Cc1cccn2cc(-c3ccoc3)nc12. The van der Waals surface area contributed by atoms with Gasteiger partial charge in [-0.2, -0.15) is 0 Å². The molecule has 0 aliphatic carbocycles. The van der Waals surface area contributed by atoms with Crippen molar-refractivity contribution in [2.45, 2.75) is 6.92 Å². The van der Waals surface area contributed by atoms with E-state index in [9.17, 15) is 0 Å². The number of aromatic nitrogens is 2. The van der Waals surface area contributed by atoms with Gasteiger partial charge >= 0.3 is 0 Å². The highest BCUT2D eigenvalue weighted by Crippen LogP contribution is 2.20. The summed E-state index contributed by atoms with van der Waals surface area (Å²) in [5.41, 5.74) is 4.12. The number of aryl methyl sites for hydroxylation is 1. The quantitative estimate of drug-likeness (QED) is 0.601. The molecule has 3 aromatic rings. The van der Waals surface area contributed by atoms with Crippen LogP contribution in [0, 0.1) is 6.92 Å². The maximum atomic E-state index is 5.05. The van der Waals surface area contributed by atoms with Crippen molar-refractivity contribution in [3.05, 3.63) is 48.7 Å². The van der Waals surface area contributed by atoms with Gasteiger partial charge in [-0.05, 0) is 24.6 Å². The summed E-state index contributed by atoms with van der Waals surface area (Å²) >= 11 is 0. The summed E-state index contributed by atoms with van der Waals surface area (Å²) in [6.45, 7) is 2.06. The van der Waals surface area contributed by atoms with E-state index in [2.05, 4.69) is 18.0 Å². The zero-order valence-corrected chi connectivity index (χ0v) is 8.34. The van der Waals surface area contributed by atoms with Crippen molar-refractivity contribution >= 4 is 5.65 Å². The monoisotopic (exact) mass is 198 g/mol. The molecule has 0 N–H and O–H groups in total. The highest BCUT2D eigenvalue weighted by molar-refractivity contribution is 5.62. The first-order chi connectivity index (χ1) is 7.34. The van der Waals surface area contributed by atoms with Gasteiger partial charge in [0.15, 0.2) is 0 Å². The highest BCUT2D eigenvalue weighted by atomic mass is 16.3. The molecule has 0 aliphatic heterocycles. The fraction of sp³-hybridized carbons (Fsp3) is 0.0833. The Balaban J connectivity index is 2.27. The minimum atomic E-state index is 0.943. The van der Waals surface area contributed by atoms with Crippen molar-refractivity contribution in [2.75, 3.05) is 0 Å². The Labute approximate surface area is 87.0 Å². The summed E-state index contributed by atoms with van der Waals surface area (Å²) in [5, 5.41) is 0. The van der Waals surface area contributed by atoms with E-state index in [4.69, 9.17) is 4.42 Å². The van der Waals surface area contributed by atoms with E-state index in [1.807, 2.05) is 28.9 Å². The second-order valence-corrected chi connectivity index (χ2v) is 3.56. The van der Waals surface area contributed by atoms with Crippen molar-refractivity contribution in [3.63, 3.8) is 0 Å². The molecule has 0 spiro atoms. The van der Waals surface area contributed by atoms with Crippen LogP contribution in [-0.4, -0.2) is 9.38 Å². The van der Waals surface area contributed by atoms with Gasteiger partial charge in [0, 0.05) is 18.0 Å². The van der Waals surface area contributed by atoms with E-state index >= 15 is 0 Å². The van der Waals surface area contributed by atoms with Crippen LogP contribution in [0.5, 0.6) is 0 Å². The number of furan rings is 1. The van der Waals surface area contributed by atoms with Gasteiger partial charge in [-0.1, -0.05) is 6.07 Å². The highest BCUT2D eigenvalue weighted by Gasteiger charge is 2.06. The second kappa shape index (κ2) is 2.98. The van der Waals surface area contributed by atoms with Crippen molar-refractivity contribution in [2.24, 2.45) is 0 Å². The molecular formula is C12H10N2O. The third-order valence-electron chi connectivity index (χ3n) is 2.49. The molecule has 0 aliphatic rings. The van der Waals surface area contributed by atoms with Crippen LogP contribution in [0.25, 0.3) is 16.9 Å². The van der Waals surface area contributed by atoms with E-state index in [0.717, 1.165) is 16.9 Å². The third kappa shape index (κ3) is 1.24. The smallest absolute Gasteiger partial charge is 0.140 e. The first-order valence-electron chi connectivity index (χ1n) is 4.81. The lowest BCUT2D eigenvalue weighted by Gasteiger charge is -1.93. The summed E-state index contributed by atoms with van der Waals surface area (Å²) in [5.74, 6) is 0. The van der Waals surface area contributed by atoms with Gasteiger partial charge in [-0.3, -0.25) is 0 Å². The Kier molecular flexibility index (Phi) is 1.65. The predicted octanol–water partition coefficient (Wildman–Crippen LogP) is 2.90. The lowest BCUT2D eigenvalue weighted by Crippen LogP contribution is -1.83. The van der Waals surface area contributed by atoms with Crippen molar-refractivity contribution in [3.8, 4) is 11.3 Å². The summed E-state index contributed by atoms with van der Waals surface area (Å²) in [7, 11) is 0. The molecule has 3 heteroatoms. The standard InChI is InChI=1S/C12H10N2O/c1-9-3-2-5-14-7-11(13-12(9)14)10-4-6-15-8-10/h2-8H,1H3. The third-order valence-corrected chi connectivity index (χ3v) is 2.49. The van der Waals surface area contributed by atoms with Crippen LogP contribution in [0.4, 0.5) is 0 Å². The molecule has 0 atom stereocenters. The number of nitrogens with zero attached hydrogens (tertiary/aromatic N) is 2. The van der Waals surface area contributed by atoms with Crippen molar-refractivity contribution in [1.82, 2.24) is 9.38 Å². The number of fused-ring (bicyclic) bond motifs is 1. The number of hydrogen-bond donors (Lipinski definition) is 0. The van der Waals surface area contributed by atoms with Crippen LogP contribution in [0.2, 0.25) is 0 Å². The van der Waals surface area contributed by atoms with Gasteiger partial charge in [0.2, 0.25) is 0 Å². The summed E-state index contributed by atoms with van der Waals surface area (Å²) in [4.78, 5) is 4.56. The van der Waals surface area contributed by atoms with E-state index in [-0.39, 0.29) is 0 Å². The van der Waals surface area contributed by atoms with E-state index in [1.165, 1.54) is 5.56 Å². The fourth-order valence-electron chi connectivity index (χ4n) is 1.70. The molecule has 0 saturated heterocycles. The molecule has 0 amide bonds. The molecular weight excluding hydrogens is 188 g/mol. The molecule has 3 heterocycles. The molecule has 0 radical (unpaired) electrons. The Morgan fingerprint density at radius 3 is 3.00 bits per heavy atom. The van der Waals surface area contributed by atoms with Crippen molar-refractivity contribution in [1.29, 1.82) is 0 Å². The minimum Gasteiger partial charge on any atom is -0.472 e. The molecule has 0 bridgehead atoms. The molecule has 0 aromatic carbocycles. The fourth-order valence-corrected chi connectivity index (χ4v) is 1.70. The van der Waals surface area contributed by atoms with Gasteiger partial charge in [0.05, 0.1) is 18.2 Å². The molecule has 0 unspecified atom stereocenters. The minimum absolute atomic E-state index is 0.943. The van der Waals surface area contributed by atoms with Gasteiger partial charge < -0.3 is 8.82 Å². The van der Waals surface area contributed by atoms with Crippen LogP contribution in [0.1, 0.15) is 5.56 Å². The Morgan fingerprint density at radius 2 is 2.27 bits per heavy atom. The topological polar surface area (TPSA) is 30.4 Å². The summed E-state index contributed by atoms with van der Waals surface area (Å²) in [6.07, 6.45) is 7.37. The number of rotatable bonds is 1. The summed E-state index contributed by atoms with van der Waals surface area (Å²) in [6, 6.07) is 5.99. The Hall–Kier alpha value is -2.03. The van der Waals surface area contributed by atoms with Crippen molar-refractivity contribution < 1.29 is 4.42 Å². The lowest BCUT2D eigenvalue weighted by molar-refractivity contribution is 0.568. The van der Waals surface area contributed by atoms with Crippen LogP contribution in [-0.2, 0) is 0 Å². The van der Waals surface area contributed by atoms with Crippen LogP contribution in [0.15, 0.2) is 47.5 Å². The average Bonchev–Trinajstić information content (AvgIpc) is 2.86. The normalized spacial score (nSPS) is 11.0. The van der Waals surface area contributed by atoms with Gasteiger partial charge in [0.1, 0.15) is 5.65 Å². The average molecular weight is 198 g/mol. The van der Waals surface area contributed by atoms with E-state index < -0.39 is 0 Å². The first-order valence-corrected chi connectivity index (χ1v) is 4.81. The Morgan fingerprint density at radius 1 is 1.33 bits per heavy atom. The molecule has 74 valence electrons. The molecule has 3 rings (SSSR count). The Bertz CT molecular complexity index is 593. The van der Waals surface area contributed by atoms with E-state index in [1.54, 1.807) is 12.5 Å². The lowest BCUT2D eigenvalue weighted by atomic mass is 10.3. The van der Waals surface area contributed by atoms with Gasteiger partial charge in [-0.15, -0.1) is 0 Å². The first kappa shape index (κ1) is 8.29. The molecule has 3 nitrogen and oxygen atoms in total. The summed E-state index contributed by atoms with van der Waals surface area (Å²) < 4.78 is 7.07. The number of imidazole rings is 1. The number of pyridine rings is 1. The largest absolute Gasteiger partial charge is 0.472 e. The molecule has 0 fully saturated rings. The van der Waals surface area contributed by atoms with E-state index in [0.29, 0.717) is 0 Å². The maximum Gasteiger partial charge on any atom is 0.140 e. The molecule has 3 aromatic heterocycles. The maximum absolute atomic E-state index is 5.05. The second-order valence-electron chi connectivity index (χ2n) is 3.56. The van der Waals surface area contributed by atoms with Crippen LogP contribution >= 0.6 is 0 Å². The zero-order chi connectivity index (χ0) is 10.3. The molecule has 0 saturated carbocycles. The van der Waals surface area contributed by atoms with Crippen LogP contribution < -0.4 is 0 Å². The number of hydrogen-bond acceptors (Lipinski definition) is 2. The van der Waals surface area contributed by atoms with Gasteiger partial charge in [-0.25, -0.2) is 4.98 Å². The zero-order valence-electron chi connectivity index (χ0n) is 8.34.